The lowest BCUT2D eigenvalue weighted by molar-refractivity contribution is -0.300. The van der Waals surface area contributed by atoms with Crippen molar-refractivity contribution in [3.63, 3.8) is 0 Å². The molecule has 0 bridgehead atoms. The van der Waals surface area contributed by atoms with Crippen LogP contribution in [0.1, 0.15) is 28.2 Å². The SMILES string of the molecule is COC1=C(OC)C(OC)(c2ccccc2C)C(c2ccccc2C)C(C(=O)[O-])=C1. The Morgan fingerprint density at radius 1 is 0.931 bits per heavy atom. The first kappa shape index (κ1) is 20.7. The molecule has 1 aliphatic carbocycles. The molecule has 3 rings (SSSR count). The second-order valence-corrected chi connectivity index (χ2v) is 7.03. The molecule has 0 fully saturated rings. The second kappa shape index (κ2) is 8.13. The molecule has 0 saturated heterocycles. The molecule has 5 nitrogen and oxygen atoms in total. The highest BCUT2D eigenvalue weighted by Gasteiger charge is 2.53. The minimum absolute atomic E-state index is 0.0713. The van der Waals surface area contributed by atoms with Crippen LogP contribution in [0.3, 0.4) is 0 Å². The number of rotatable bonds is 6. The highest BCUT2D eigenvalue weighted by atomic mass is 16.5. The predicted molar refractivity (Wildman–Crippen MR) is 108 cm³/mol. The maximum Gasteiger partial charge on any atom is 0.175 e. The third-order valence-electron chi connectivity index (χ3n) is 5.59. The van der Waals surface area contributed by atoms with Gasteiger partial charge >= 0.3 is 0 Å². The molecule has 0 N–H and O–H groups in total. The summed E-state index contributed by atoms with van der Waals surface area (Å²) in [5.41, 5.74) is 2.32. The van der Waals surface area contributed by atoms with E-state index in [1.54, 1.807) is 7.11 Å². The highest BCUT2D eigenvalue weighted by Crippen LogP contribution is 2.54. The Hall–Kier alpha value is -3.05. The number of carbonyl (C=O) groups excluding carboxylic acids is 1. The van der Waals surface area contributed by atoms with Crippen LogP contribution in [0.25, 0.3) is 0 Å². The van der Waals surface area contributed by atoms with Gasteiger partial charge in [-0.1, -0.05) is 48.5 Å². The molecule has 0 radical (unpaired) electrons. The van der Waals surface area contributed by atoms with Crippen LogP contribution >= 0.6 is 0 Å². The van der Waals surface area contributed by atoms with Gasteiger partial charge in [-0.15, -0.1) is 0 Å². The fourth-order valence-corrected chi connectivity index (χ4v) is 4.29. The normalized spacial score (nSPS) is 21.6. The number of aliphatic carboxylic acids is 1. The number of allylic oxidation sites excluding steroid dienone is 1. The summed E-state index contributed by atoms with van der Waals surface area (Å²) in [6, 6.07) is 15.4. The second-order valence-electron chi connectivity index (χ2n) is 7.03. The van der Waals surface area contributed by atoms with Crippen molar-refractivity contribution in [2.24, 2.45) is 0 Å². The van der Waals surface area contributed by atoms with E-state index in [1.807, 2.05) is 62.4 Å². The van der Waals surface area contributed by atoms with Gasteiger partial charge in [-0.05, 0) is 47.8 Å². The molecule has 5 heteroatoms. The van der Waals surface area contributed by atoms with E-state index in [4.69, 9.17) is 14.2 Å². The van der Waals surface area contributed by atoms with Crippen molar-refractivity contribution < 1.29 is 24.1 Å². The summed E-state index contributed by atoms with van der Waals surface area (Å²) in [7, 11) is 4.57. The lowest BCUT2D eigenvalue weighted by Gasteiger charge is -2.46. The molecule has 2 atom stereocenters. The Bertz CT molecular complexity index is 988. The van der Waals surface area contributed by atoms with E-state index in [1.165, 1.54) is 20.3 Å². The van der Waals surface area contributed by atoms with Crippen molar-refractivity contribution >= 4 is 5.97 Å². The molecule has 0 aromatic heterocycles. The van der Waals surface area contributed by atoms with Crippen LogP contribution in [0.15, 0.2) is 71.7 Å². The summed E-state index contributed by atoms with van der Waals surface area (Å²) in [5.74, 6) is -1.27. The summed E-state index contributed by atoms with van der Waals surface area (Å²) < 4.78 is 17.5. The van der Waals surface area contributed by atoms with Crippen molar-refractivity contribution in [1.82, 2.24) is 0 Å². The standard InChI is InChI=1S/C24H26O5/c1-15-10-6-8-12-17(15)21-18(23(25)26)14-20(27-3)22(28-4)24(21,29-5)19-13-9-7-11-16(19)2/h6-14,21H,1-5H3,(H,25,26)/p-1. The Balaban J connectivity index is 2.48. The molecule has 0 aliphatic heterocycles. The Morgan fingerprint density at radius 2 is 1.55 bits per heavy atom. The molecule has 2 aromatic carbocycles. The van der Waals surface area contributed by atoms with Gasteiger partial charge in [0.1, 0.15) is 0 Å². The van der Waals surface area contributed by atoms with Crippen LogP contribution in [0.4, 0.5) is 0 Å². The van der Waals surface area contributed by atoms with Crippen LogP contribution in [0.5, 0.6) is 0 Å². The van der Waals surface area contributed by atoms with Gasteiger partial charge in [0.25, 0.3) is 0 Å². The number of carbonyl (C=O) groups is 1. The van der Waals surface area contributed by atoms with Crippen molar-refractivity contribution in [3.8, 4) is 0 Å². The number of aryl methyl sites for hydroxylation is 2. The topological polar surface area (TPSA) is 67.8 Å². The van der Waals surface area contributed by atoms with Gasteiger partial charge in [-0.25, -0.2) is 0 Å². The van der Waals surface area contributed by atoms with Crippen LogP contribution in [-0.4, -0.2) is 27.3 Å². The maximum absolute atomic E-state index is 12.3. The van der Waals surface area contributed by atoms with Gasteiger partial charge < -0.3 is 24.1 Å². The number of hydrogen-bond acceptors (Lipinski definition) is 5. The number of benzene rings is 2. The minimum Gasteiger partial charge on any atom is -0.545 e. The smallest absolute Gasteiger partial charge is 0.175 e. The summed E-state index contributed by atoms with van der Waals surface area (Å²) in [5, 5.41) is 12.3. The van der Waals surface area contributed by atoms with Crippen molar-refractivity contribution in [2.75, 3.05) is 21.3 Å². The molecule has 0 spiro atoms. The average Bonchev–Trinajstić information content (AvgIpc) is 2.72. The summed E-state index contributed by atoms with van der Waals surface area (Å²) in [4.78, 5) is 12.3. The van der Waals surface area contributed by atoms with Gasteiger partial charge in [0.05, 0.1) is 26.1 Å². The molecule has 0 heterocycles. The van der Waals surface area contributed by atoms with Gasteiger partial charge in [0.2, 0.25) is 0 Å². The quantitative estimate of drug-likeness (QED) is 0.754. The van der Waals surface area contributed by atoms with Crippen LogP contribution < -0.4 is 5.11 Å². The molecule has 1 aliphatic rings. The Morgan fingerprint density at radius 3 is 2.07 bits per heavy atom. The van der Waals surface area contributed by atoms with E-state index < -0.39 is 17.5 Å². The van der Waals surface area contributed by atoms with Gasteiger partial charge in [-0.2, -0.15) is 0 Å². The zero-order valence-electron chi connectivity index (χ0n) is 17.3. The molecule has 2 aromatic rings. The van der Waals surface area contributed by atoms with E-state index in [2.05, 4.69) is 0 Å². The largest absolute Gasteiger partial charge is 0.545 e. The number of methoxy groups -OCH3 is 3. The fraction of sp³-hybridized carbons (Fsp3) is 0.292. The Labute approximate surface area is 171 Å². The molecular formula is C24H25O5-. The molecule has 0 saturated carbocycles. The fourth-order valence-electron chi connectivity index (χ4n) is 4.29. The average molecular weight is 393 g/mol. The van der Waals surface area contributed by atoms with Crippen molar-refractivity contribution in [1.29, 1.82) is 0 Å². The first-order valence-electron chi connectivity index (χ1n) is 9.34. The van der Waals surface area contributed by atoms with E-state index in [0.717, 1.165) is 22.3 Å². The van der Waals surface area contributed by atoms with Gasteiger partial charge in [0, 0.05) is 7.11 Å². The van der Waals surface area contributed by atoms with Crippen LogP contribution in [0.2, 0.25) is 0 Å². The number of hydrogen-bond donors (Lipinski definition) is 0. The highest BCUT2D eigenvalue weighted by molar-refractivity contribution is 5.89. The monoisotopic (exact) mass is 393 g/mol. The minimum atomic E-state index is -1.28. The molecular weight excluding hydrogens is 368 g/mol. The molecule has 0 amide bonds. The number of carboxylic acids is 1. The molecule has 2 unspecified atom stereocenters. The third-order valence-corrected chi connectivity index (χ3v) is 5.59. The lowest BCUT2D eigenvalue weighted by Crippen LogP contribution is -2.46. The van der Waals surface area contributed by atoms with Crippen molar-refractivity contribution in [3.05, 3.63) is 94.0 Å². The lowest BCUT2D eigenvalue weighted by atomic mass is 9.67. The van der Waals surface area contributed by atoms with Gasteiger partial charge in [0.15, 0.2) is 17.1 Å². The summed E-state index contributed by atoms with van der Waals surface area (Å²) in [6.45, 7) is 3.91. The molecule has 29 heavy (non-hydrogen) atoms. The molecule has 152 valence electrons. The van der Waals surface area contributed by atoms with Crippen LogP contribution in [-0.2, 0) is 24.6 Å². The van der Waals surface area contributed by atoms with E-state index in [-0.39, 0.29) is 5.57 Å². The summed E-state index contributed by atoms with van der Waals surface area (Å²) in [6.07, 6.45) is 1.47. The van der Waals surface area contributed by atoms with Gasteiger partial charge in [-0.3, -0.25) is 0 Å². The first-order chi connectivity index (χ1) is 13.9. The van der Waals surface area contributed by atoms with E-state index >= 15 is 0 Å². The predicted octanol–water partition coefficient (Wildman–Crippen LogP) is 3.12. The first-order valence-corrected chi connectivity index (χ1v) is 9.34. The van der Waals surface area contributed by atoms with E-state index in [0.29, 0.717) is 11.5 Å². The van der Waals surface area contributed by atoms with Crippen molar-refractivity contribution in [2.45, 2.75) is 25.4 Å². The zero-order valence-corrected chi connectivity index (χ0v) is 17.3. The zero-order chi connectivity index (χ0) is 21.2. The summed E-state index contributed by atoms with van der Waals surface area (Å²) >= 11 is 0. The van der Waals surface area contributed by atoms with Crippen LogP contribution in [0, 0.1) is 13.8 Å². The number of ether oxygens (including phenoxy) is 3. The van der Waals surface area contributed by atoms with E-state index in [9.17, 15) is 9.90 Å². The number of carboxylic acid groups (broad SMARTS) is 1. The third kappa shape index (κ3) is 3.21. The maximum atomic E-state index is 12.3. The Kier molecular flexibility index (Phi) is 5.80.